The maximum absolute atomic E-state index is 15.2. The van der Waals surface area contributed by atoms with E-state index in [-0.39, 0.29) is 33.2 Å². The number of carbonyl (C=O) groups is 5. The van der Waals surface area contributed by atoms with Crippen LogP contribution in [-0.4, -0.2) is 97.2 Å². The van der Waals surface area contributed by atoms with Gasteiger partial charge >= 0.3 is 18.2 Å². The largest absolute Gasteiger partial charge is 0.448 e. The Hall–Kier alpha value is -7.42. The van der Waals surface area contributed by atoms with Crippen LogP contribution in [0.2, 0.25) is 4.34 Å². The van der Waals surface area contributed by atoms with Crippen LogP contribution in [0.4, 0.5) is 14.7 Å². The number of anilines is 1. The molecule has 1 aromatic heterocycles. The summed E-state index contributed by atoms with van der Waals surface area (Å²) in [6.07, 6.45) is -0.413. The van der Waals surface area contributed by atoms with Gasteiger partial charge in [0.05, 0.1) is 12.6 Å². The van der Waals surface area contributed by atoms with Crippen molar-refractivity contribution in [3.05, 3.63) is 212 Å². The van der Waals surface area contributed by atoms with Crippen LogP contribution in [0.5, 0.6) is 0 Å². The molecule has 4 amide bonds. The number of rotatable bonds is 16. The second-order valence-corrected chi connectivity index (χ2v) is 25.1. The number of thioether (sulfide) groups is 2. The molecule has 0 bridgehead atoms. The first-order valence-electron chi connectivity index (χ1n) is 26.0. The normalized spacial score (nSPS) is 18.3. The summed E-state index contributed by atoms with van der Waals surface area (Å²) in [7, 11) is 0. The average Bonchev–Trinajstić information content (AvgIpc) is 4.17. The summed E-state index contributed by atoms with van der Waals surface area (Å²) in [5.74, 6) is -2.08. The summed E-state index contributed by atoms with van der Waals surface area (Å²) in [5, 5.41) is 11.1. The fraction of sp³-hybridized carbons (Fsp3) is 0.295. The Morgan fingerprint density at radius 2 is 1.31 bits per heavy atom. The molecule has 0 saturated carbocycles. The van der Waals surface area contributed by atoms with Gasteiger partial charge in [0.1, 0.15) is 44.1 Å². The molecule has 2 saturated heterocycles. The topological polar surface area (TPSA) is 187 Å². The van der Waals surface area contributed by atoms with Gasteiger partial charge in [-0.05, 0) is 71.9 Å². The van der Waals surface area contributed by atoms with Crippen molar-refractivity contribution in [2.45, 2.75) is 101 Å². The van der Waals surface area contributed by atoms with Gasteiger partial charge in [0.15, 0.2) is 16.9 Å². The molecule has 0 aliphatic carbocycles. The highest BCUT2D eigenvalue weighted by Crippen LogP contribution is 2.46. The van der Waals surface area contributed by atoms with Crippen LogP contribution < -0.4 is 10.6 Å². The van der Waals surface area contributed by atoms with Crippen LogP contribution >= 0.6 is 46.5 Å². The Morgan fingerprint density at radius 1 is 0.790 bits per heavy atom. The molecule has 420 valence electrons. The van der Waals surface area contributed by atoms with Crippen LogP contribution in [-0.2, 0) is 43.8 Å². The summed E-state index contributed by atoms with van der Waals surface area (Å²) in [6, 6.07) is 45.0. The lowest BCUT2D eigenvalue weighted by Crippen LogP contribution is -2.71. The van der Waals surface area contributed by atoms with Crippen molar-refractivity contribution in [1.82, 2.24) is 20.1 Å². The zero-order chi connectivity index (χ0) is 57.7. The molecule has 16 nitrogen and oxygen atoms in total. The van der Waals surface area contributed by atoms with E-state index >= 15 is 9.59 Å². The molecule has 9 rings (SSSR count). The number of ether oxygens (including phenoxy) is 4. The molecule has 2 N–H and O–H groups in total. The Morgan fingerprint density at radius 3 is 1.83 bits per heavy atom. The number of amides is 4. The second-order valence-electron chi connectivity index (χ2n) is 21.4. The second kappa shape index (κ2) is 24.4. The molecule has 0 radical (unpaired) electrons. The third kappa shape index (κ3) is 13.2. The fourth-order valence-electron chi connectivity index (χ4n) is 9.36. The van der Waals surface area contributed by atoms with Gasteiger partial charge in [-0.1, -0.05) is 198 Å². The van der Waals surface area contributed by atoms with E-state index < -0.39 is 81.8 Å². The Balaban J connectivity index is 1.08. The molecule has 5 aromatic carbocycles. The highest BCUT2D eigenvalue weighted by molar-refractivity contribution is 8.08. The van der Waals surface area contributed by atoms with E-state index in [2.05, 4.69) is 20.8 Å². The van der Waals surface area contributed by atoms with Crippen molar-refractivity contribution in [1.29, 1.82) is 0 Å². The molecule has 4 heterocycles. The Kier molecular flexibility index (Phi) is 17.5. The quantitative estimate of drug-likeness (QED) is 0.0233. The monoisotopic (exact) mass is 1170 g/mol. The molecule has 6 aromatic rings. The summed E-state index contributed by atoms with van der Waals surface area (Å²) in [6.45, 7) is 14.3. The molecule has 0 spiro atoms. The number of fused-ring (bicyclic) bond motifs is 1. The number of halogens is 1. The van der Waals surface area contributed by atoms with Gasteiger partial charge in [-0.25, -0.2) is 19.4 Å². The van der Waals surface area contributed by atoms with E-state index in [1.54, 1.807) is 66.9 Å². The lowest BCUT2D eigenvalue weighted by atomic mass is 9.80. The zero-order valence-corrected chi connectivity index (χ0v) is 49.0. The van der Waals surface area contributed by atoms with Crippen LogP contribution in [0.25, 0.3) is 0 Å². The third-order valence-corrected chi connectivity index (χ3v) is 16.5. The van der Waals surface area contributed by atoms with Gasteiger partial charge in [0, 0.05) is 27.3 Å². The SMILES string of the molecule is CC(C)(C)OC(=O)Nc1nc(/C(=N/OC(c2ccccc2)(c2ccccc2)c2ccccc2)C(=O)NC2C(=O)N3C(C(=O)OC(c4ccccc4)c4ccccc4)=C(S/C=C\[C@@H]4COC(C)(C)N4C(=O)OC(C)(C)C)CS[C@H]23)c(Cl)s1. The van der Waals surface area contributed by atoms with E-state index in [9.17, 15) is 14.4 Å². The van der Waals surface area contributed by atoms with Gasteiger partial charge in [0.25, 0.3) is 11.8 Å². The fourth-order valence-corrected chi connectivity index (χ4v) is 12.8. The predicted octanol–water partition coefficient (Wildman–Crippen LogP) is 12.4. The minimum Gasteiger partial charge on any atom is -0.448 e. The van der Waals surface area contributed by atoms with E-state index in [0.717, 1.165) is 11.3 Å². The number of nitrogens with one attached hydrogen (secondary N) is 2. The number of carbonyl (C=O) groups excluding carboxylic acids is 5. The highest BCUT2D eigenvalue weighted by Gasteiger charge is 2.55. The maximum atomic E-state index is 15.2. The standard InChI is InChI=1S/C61H61ClN6O10S3/c1-58(2,3)76-56(72)65-55-64-45(50(62)81-55)46(66-78-61(40-28-18-11-19-29-40,41-30-20-12-21-31-41)42-32-22-13-23-33-42)51(69)63-47-52(70)67-48(54(71)75-49(38-24-14-9-15-25-38)39-26-16-10-17-27-39)44(37-80-53(47)67)79-35-34-43-36-74-60(7,8)68(43)57(73)77-59(4,5)6/h9-35,43,47,49,53H,36-37H2,1-8H3,(H,63,69)(H,64,65,72)/b35-34-,66-46-/t43-,47?,53-/m1/s1. The van der Waals surface area contributed by atoms with E-state index in [4.69, 9.17) is 35.4 Å². The van der Waals surface area contributed by atoms with Gasteiger partial charge in [-0.3, -0.25) is 24.7 Å². The number of thiazole rings is 1. The molecule has 1 unspecified atom stereocenters. The van der Waals surface area contributed by atoms with Crippen LogP contribution in [0.15, 0.2) is 179 Å². The Bertz CT molecular complexity index is 3220. The minimum absolute atomic E-state index is 0.00248. The molecule has 81 heavy (non-hydrogen) atoms. The average molecular weight is 1170 g/mol. The number of nitrogens with zero attached hydrogens (tertiary/aromatic N) is 4. The van der Waals surface area contributed by atoms with E-state index in [1.807, 2.05) is 152 Å². The minimum atomic E-state index is -1.47. The van der Waals surface area contributed by atoms with Gasteiger partial charge in [-0.2, -0.15) is 0 Å². The first kappa shape index (κ1) is 58.2. The molecule has 3 atom stereocenters. The van der Waals surface area contributed by atoms with Crippen LogP contribution in [0.1, 0.15) is 95.0 Å². The van der Waals surface area contributed by atoms with Crippen LogP contribution in [0.3, 0.4) is 0 Å². The van der Waals surface area contributed by atoms with Gasteiger partial charge in [-0.15, -0.1) is 11.8 Å². The summed E-state index contributed by atoms with van der Waals surface area (Å²) >= 11 is 10.3. The molecule has 2 fully saturated rings. The third-order valence-electron chi connectivity index (χ3n) is 12.9. The summed E-state index contributed by atoms with van der Waals surface area (Å²) < 4.78 is 23.7. The molecule has 20 heteroatoms. The number of β-lactam (4-membered cyclic amide) rings is 1. The number of hydrogen-bond donors (Lipinski definition) is 2. The number of hydrogen-bond acceptors (Lipinski definition) is 15. The first-order chi connectivity index (χ1) is 38.6. The number of benzene rings is 5. The van der Waals surface area contributed by atoms with E-state index in [0.29, 0.717) is 32.7 Å². The molecular formula is C61H61ClN6O10S3. The summed E-state index contributed by atoms with van der Waals surface area (Å²) in [4.78, 5) is 86.4. The van der Waals surface area contributed by atoms with Crippen molar-refractivity contribution in [3.63, 3.8) is 0 Å². The maximum Gasteiger partial charge on any atom is 0.413 e. The van der Waals surface area contributed by atoms with Crippen molar-refractivity contribution in [3.8, 4) is 0 Å². The highest BCUT2D eigenvalue weighted by atomic mass is 35.5. The van der Waals surface area contributed by atoms with E-state index in [1.165, 1.54) is 33.3 Å². The van der Waals surface area contributed by atoms with Crippen molar-refractivity contribution >= 4 is 87.3 Å². The molecule has 3 aliphatic rings. The molecule has 3 aliphatic heterocycles. The lowest BCUT2D eigenvalue weighted by molar-refractivity contribution is -0.154. The Labute approximate surface area is 488 Å². The number of oxime groups is 1. The van der Waals surface area contributed by atoms with Gasteiger partial charge in [0.2, 0.25) is 5.60 Å². The zero-order valence-electron chi connectivity index (χ0n) is 45.8. The van der Waals surface area contributed by atoms with Crippen molar-refractivity contribution in [2.75, 3.05) is 17.7 Å². The first-order valence-corrected chi connectivity index (χ1v) is 29.1. The van der Waals surface area contributed by atoms with Crippen molar-refractivity contribution in [2.24, 2.45) is 5.16 Å². The van der Waals surface area contributed by atoms with Crippen LogP contribution in [0, 0.1) is 0 Å². The summed E-state index contributed by atoms with van der Waals surface area (Å²) in [5.41, 5.74) is -1.21. The number of esters is 1. The lowest BCUT2D eigenvalue weighted by Gasteiger charge is -2.49. The molecular weight excluding hydrogens is 1110 g/mol. The number of aromatic nitrogens is 1. The van der Waals surface area contributed by atoms with Crippen molar-refractivity contribution < 1.29 is 47.8 Å². The van der Waals surface area contributed by atoms with Gasteiger partial charge < -0.3 is 29.1 Å². The predicted molar refractivity (Wildman–Crippen MR) is 315 cm³/mol. The smallest absolute Gasteiger partial charge is 0.413 e.